The molecule has 0 unspecified atom stereocenters. The molecule has 0 atom stereocenters. The van der Waals surface area contributed by atoms with Crippen molar-refractivity contribution in [3.63, 3.8) is 0 Å². The number of hydrogen-bond acceptors (Lipinski definition) is 2. The highest BCUT2D eigenvalue weighted by Gasteiger charge is 2.36. The van der Waals surface area contributed by atoms with Gasteiger partial charge in [0, 0.05) is 7.05 Å². The van der Waals surface area contributed by atoms with Crippen molar-refractivity contribution in [1.82, 2.24) is 0 Å². The van der Waals surface area contributed by atoms with E-state index in [0.717, 1.165) is 0 Å². The molecule has 0 saturated carbocycles. The summed E-state index contributed by atoms with van der Waals surface area (Å²) in [6.07, 6.45) is 0. The number of fused-ring (bicyclic) bond motifs is 1. The summed E-state index contributed by atoms with van der Waals surface area (Å²) in [4.78, 5) is 13.8. The standard InChI is InChI=1S/C12H13Cl2NO2/c1-12(2)6-17-10-8(15(3)11(12)16)5-4-7(13)9(10)14/h4-5H,6H2,1-3H3. The number of nitrogens with zero attached hydrogens (tertiary/aromatic N) is 1. The van der Waals surface area contributed by atoms with Crippen LogP contribution in [0.1, 0.15) is 13.8 Å². The van der Waals surface area contributed by atoms with Crippen LogP contribution in [0.3, 0.4) is 0 Å². The molecular formula is C12H13Cl2NO2. The highest BCUT2D eigenvalue weighted by molar-refractivity contribution is 6.43. The van der Waals surface area contributed by atoms with Gasteiger partial charge in [0.2, 0.25) is 5.91 Å². The van der Waals surface area contributed by atoms with Crippen LogP contribution in [0.25, 0.3) is 0 Å². The van der Waals surface area contributed by atoms with E-state index in [2.05, 4.69) is 0 Å². The van der Waals surface area contributed by atoms with E-state index in [4.69, 9.17) is 27.9 Å². The van der Waals surface area contributed by atoms with Gasteiger partial charge in [0.05, 0.1) is 16.1 Å². The van der Waals surface area contributed by atoms with Gasteiger partial charge in [-0.05, 0) is 26.0 Å². The fraction of sp³-hybridized carbons (Fsp3) is 0.417. The molecule has 1 aliphatic rings. The molecule has 0 spiro atoms. The Morgan fingerprint density at radius 2 is 2.00 bits per heavy atom. The summed E-state index contributed by atoms with van der Waals surface area (Å²) < 4.78 is 5.64. The van der Waals surface area contributed by atoms with E-state index in [-0.39, 0.29) is 12.5 Å². The highest BCUT2D eigenvalue weighted by Crippen LogP contribution is 2.43. The van der Waals surface area contributed by atoms with Crippen LogP contribution in [-0.2, 0) is 4.79 Å². The van der Waals surface area contributed by atoms with Gasteiger partial charge in [-0.3, -0.25) is 4.79 Å². The number of amides is 1. The summed E-state index contributed by atoms with van der Waals surface area (Å²) in [6, 6.07) is 3.40. The minimum Gasteiger partial charge on any atom is -0.489 e. The van der Waals surface area contributed by atoms with Crippen molar-refractivity contribution in [3.8, 4) is 5.75 Å². The van der Waals surface area contributed by atoms with Crippen LogP contribution < -0.4 is 9.64 Å². The number of carbonyl (C=O) groups is 1. The number of carbonyl (C=O) groups excluding carboxylic acids is 1. The van der Waals surface area contributed by atoms with Crippen LogP contribution in [0, 0.1) is 5.41 Å². The van der Waals surface area contributed by atoms with Crippen LogP contribution in [-0.4, -0.2) is 19.6 Å². The van der Waals surface area contributed by atoms with Crippen LogP contribution in [0.15, 0.2) is 12.1 Å². The van der Waals surface area contributed by atoms with E-state index in [1.807, 2.05) is 13.8 Å². The van der Waals surface area contributed by atoms with Gasteiger partial charge in [-0.25, -0.2) is 0 Å². The molecule has 1 aromatic carbocycles. The number of halogens is 2. The first kappa shape index (κ1) is 12.5. The lowest BCUT2D eigenvalue weighted by molar-refractivity contribution is -0.127. The van der Waals surface area contributed by atoms with Crippen molar-refractivity contribution in [3.05, 3.63) is 22.2 Å². The zero-order chi connectivity index (χ0) is 12.8. The Bertz CT molecular complexity index is 486. The van der Waals surface area contributed by atoms with Gasteiger partial charge in [-0.2, -0.15) is 0 Å². The first-order chi connectivity index (χ1) is 7.84. The van der Waals surface area contributed by atoms with E-state index in [1.54, 1.807) is 24.1 Å². The molecule has 5 heteroatoms. The SMILES string of the molecule is CN1C(=O)C(C)(C)COc2c1ccc(Cl)c2Cl. The average Bonchev–Trinajstić information content (AvgIpc) is 2.36. The average molecular weight is 274 g/mol. The number of anilines is 1. The monoisotopic (exact) mass is 273 g/mol. The lowest BCUT2D eigenvalue weighted by Crippen LogP contribution is -2.39. The summed E-state index contributed by atoms with van der Waals surface area (Å²) in [5, 5.41) is 0.771. The smallest absolute Gasteiger partial charge is 0.235 e. The van der Waals surface area contributed by atoms with Crippen molar-refractivity contribution in [2.75, 3.05) is 18.6 Å². The van der Waals surface area contributed by atoms with E-state index < -0.39 is 5.41 Å². The first-order valence-electron chi connectivity index (χ1n) is 5.23. The zero-order valence-corrected chi connectivity index (χ0v) is 11.4. The van der Waals surface area contributed by atoms with Crippen LogP contribution >= 0.6 is 23.2 Å². The van der Waals surface area contributed by atoms with E-state index in [0.29, 0.717) is 21.5 Å². The third-order valence-corrected chi connectivity index (χ3v) is 3.64. The van der Waals surface area contributed by atoms with Crippen molar-refractivity contribution in [1.29, 1.82) is 0 Å². The second kappa shape index (κ2) is 4.07. The zero-order valence-electron chi connectivity index (χ0n) is 9.88. The van der Waals surface area contributed by atoms with Crippen LogP contribution in [0.2, 0.25) is 10.0 Å². The Balaban J connectivity index is 2.58. The minimum atomic E-state index is -0.580. The Morgan fingerprint density at radius 3 is 2.65 bits per heavy atom. The van der Waals surface area contributed by atoms with Gasteiger partial charge in [-0.1, -0.05) is 23.2 Å². The molecule has 92 valence electrons. The van der Waals surface area contributed by atoms with Gasteiger partial charge in [-0.15, -0.1) is 0 Å². The van der Waals surface area contributed by atoms with Gasteiger partial charge < -0.3 is 9.64 Å². The Kier molecular flexibility index (Phi) is 3.00. The molecule has 0 aliphatic carbocycles. The quantitative estimate of drug-likeness (QED) is 0.725. The molecule has 1 heterocycles. The predicted octanol–water partition coefficient (Wildman–Crippen LogP) is 3.37. The number of ether oxygens (including phenoxy) is 1. The van der Waals surface area contributed by atoms with Gasteiger partial charge in [0.1, 0.15) is 11.6 Å². The second-order valence-electron chi connectivity index (χ2n) is 4.75. The third-order valence-electron chi connectivity index (χ3n) is 2.85. The van der Waals surface area contributed by atoms with Crippen LogP contribution in [0.4, 0.5) is 5.69 Å². The summed E-state index contributed by atoms with van der Waals surface area (Å²) in [7, 11) is 1.71. The minimum absolute atomic E-state index is 0.00496. The number of rotatable bonds is 0. The lowest BCUT2D eigenvalue weighted by Gasteiger charge is -2.24. The fourth-order valence-corrected chi connectivity index (χ4v) is 2.16. The maximum Gasteiger partial charge on any atom is 0.235 e. The van der Waals surface area contributed by atoms with Crippen molar-refractivity contribution >= 4 is 34.8 Å². The van der Waals surface area contributed by atoms with Gasteiger partial charge in [0.25, 0.3) is 0 Å². The molecule has 17 heavy (non-hydrogen) atoms. The maximum absolute atomic E-state index is 12.2. The van der Waals surface area contributed by atoms with Gasteiger partial charge >= 0.3 is 0 Å². The summed E-state index contributed by atoms with van der Waals surface area (Å²) in [5.74, 6) is 0.468. The molecule has 3 nitrogen and oxygen atoms in total. The first-order valence-corrected chi connectivity index (χ1v) is 5.99. The Morgan fingerprint density at radius 1 is 1.35 bits per heavy atom. The number of benzene rings is 1. The van der Waals surface area contributed by atoms with Gasteiger partial charge in [0.15, 0.2) is 5.75 Å². The Hall–Kier alpha value is -0.930. The largest absolute Gasteiger partial charge is 0.489 e. The molecular weight excluding hydrogens is 261 g/mol. The van der Waals surface area contributed by atoms with Crippen molar-refractivity contribution in [2.45, 2.75) is 13.8 Å². The molecule has 1 aromatic rings. The van der Waals surface area contributed by atoms with E-state index >= 15 is 0 Å². The molecule has 2 rings (SSSR count). The molecule has 0 N–H and O–H groups in total. The number of hydrogen-bond donors (Lipinski definition) is 0. The topological polar surface area (TPSA) is 29.5 Å². The third kappa shape index (κ3) is 1.98. The second-order valence-corrected chi connectivity index (χ2v) is 5.53. The Labute approximate surface area is 110 Å². The molecule has 0 bridgehead atoms. The molecule has 0 saturated heterocycles. The maximum atomic E-state index is 12.2. The molecule has 0 aromatic heterocycles. The predicted molar refractivity (Wildman–Crippen MR) is 69.1 cm³/mol. The molecule has 0 fully saturated rings. The summed E-state index contributed by atoms with van der Waals surface area (Å²) >= 11 is 12.0. The molecule has 0 radical (unpaired) electrons. The van der Waals surface area contributed by atoms with E-state index in [9.17, 15) is 4.79 Å². The highest BCUT2D eigenvalue weighted by atomic mass is 35.5. The van der Waals surface area contributed by atoms with Crippen molar-refractivity contribution < 1.29 is 9.53 Å². The van der Waals surface area contributed by atoms with Crippen LogP contribution in [0.5, 0.6) is 5.75 Å². The van der Waals surface area contributed by atoms with E-state index in [1.165, 1.54) is 0 Å². The van der Waals surface area contributed by atoms with Crippen molar-refractivity contribution in [2.24, 2.45) is 5.41 Å². The fourth-order valence-electron chi connectivity index (χ4n) is 1.80. The lowest BCUT2D eigenvalue weighted by atomic mass is 9.93. The molecule has 1 aliphatic heterocycles. The normalized spacial score (nSPS) is 18.4. The summed E-state index contributed by atoms with van der Waals surface area (Å²) in [6.45, 7) is 3.96. The molecule has 1 amide bonds. The summed E-state index contributed by atoms with van der Waals surface area (Å²) in [5.41, 5.74) is 0.0683.